The van der Waals surface area contributed by atoms with Crippen LogP contribution in [-0.4, -0.2) is 27.5 Å². The van der Waals surface area contributed by atoms with Crippen molar-refractivity contribution >= 4 is 21.6 Å². The highest BCUT2D eigenvalue weighted by atomic mass is 32.2. The molecule has 2 rings (SSSR count). The number of unbranched alkanes of at least 4 members (excludes halogenated alkanes) is 1. The number of carbonyl (C=O) groups is 1. The summed E-state index contributed by atoms with van der Waals surface area (Å²) in [5.41, 5.74) is 1.30. The Kier molecular flexibility index (Phi) is 7.82. The summed E-state index contributed by atoms with van der Waals surface area (Å²) in [6.07, 6.45) is 1.88. The quantitative estimate of drug-likeness (QED) is 0.610. The Morgan fingerprint density at radius 3 is 2.48 bits per heavy atom. The third-order valence-electron chi connectivity index (χ3n) is 3.85. The molecule has 146 valence electrons. The van der Waals surface area contributed by atoms with E-state index in [1.165, 1.54) is 12.1 Å². The number of amides is 1. The summed E-state index contributed by atoms with van der Waals surface area (Å²) in [4.78, 5) is 12.4. The van der Waals surface area contributed by atoms with Crippen molar-refractivity contribution in [2.24, 2.45) is 0 Å². The minimum Gasteiger partial charge on any atom is -0.494 e. The van der Waals surface area contributed by atoms with Crippen molar-refractivity contribution in [3.05, 3.63) is 54.1 Å². The molecule has 0 radical (unpaired) electrons. The molecule has 1 amide bonds. The minimum atomic E-state index is -3.58. The van der Waals surface area contributed by atoms with Gasteiger partial charge < -0.3 is 10.1 Å². The van der Waals surface area contributed by atoms with Crippen molar-refractivity contribution in [1.29, 1.82) is 0 Å². The van der Waals surface area contributed by atoms with Gasteiger partial charge in [0.15, 0.2) is 0 Å². The molecule has 0 saturated heterocycles. The highest BCUT2D eigenvalue weighted by molar-refractivity contribution is 7.89. The monoisotopic (exact) mass is 390 g/mol. The van der Waals surface area contributed by atoms with Gasteiger partial charge in [0.1, 0.15) is 5.75 Å². The molecule has 0 aliphatic heterocycles. The number of benzene rings is 2. The lowest BCUT2D eigenvalue weighted by Gasteiger charge is -2.10. The van der Waals surface area contributed by atoms with E-state index in [1.54, 1.807) is 12.1 Å². The van der Waals surface area contributed by atoms with E-state index < -0.39 is 10.0 Å². The van der Waals surface area contributed by atoms with E-state index in [4.69, 9.17) is 4.74 Å². The number of carbonyl (C=O) groups excluding carboxylic acids is 1. The zero-order chi connectivity index (χ0) is 19.7. The maximum atomic E-state index is 12.3. The number of ether oxygens (including phenoxy) is 1. The fraction of sp³-hybridized carbons (Fsp3) is 0.350. The zero-order valence-corrected chi connectivity index (χ0v) is 16.5. The fourth-order valence-corrected chi connectivity index (χ4v) is 3.59. The van der Waals surface area contributed by atoms with E-state index >= 15 is 0 Å². The molecule has 0 saturated carbocycles. The van der Waals surface area contributed by atoms with Crippen LogP contribution in [0.25, 0.3) is 0 Å². The van der Waals surface area contributed by atoms with E-state index in [9.17, 15) is 13.2 Å². The van der Waals surface area contributed by atoms with Crippen LogP contribution in [0, 0.1) is 0 Å². The third-order valence-corrected chi connectivity index (χ3v) is 5.31. The molecule has 0 aliphatic rings. The second-order valence-corrected chi connectivity index (χ2v) is 7.85. The Labute approximate surface area is 161 Å². The summed E-state index contributed by atoms with van der Waals surface area (Å²) < 4.78 is 32.5. The lowest BCUT2D eigenvalue weighted by atomic mass is 10.1. The van der Waals surface area contributed by atoms with E-state index in [1.807, 2.05) is 38.1 Å². The van der Waals surface area contributed by atoms with Crippen molar-refractivity contribution in [2.45, 2.75) is 38.0 Å². The summed E-state index contributed by atoms with van der Waals surface area (Å²) in [6, 6.07) is 13.6. The molecule has 2 N–H and O–H groups in total. The van der Waals surface area contributed by atoms with E-state index in [0.717, 1.165) is 24.2 Å². The summed E-state index contributed by atoms with van der Waals surface area (Å²) >= 11 is 0. The molecule has 0 atom stereocenters. The van der Waals surface area contributed by atoms with Crippen LogP contribution in [0.2, 0.25) is 0 Å². The first-order chi connectivity index (χ1) is 12.9. The maximum absolute atomic E-state index is 12.3. The van der Waals surface area contributed by atoms with Gasteiger partial charge in [0.25, 0.3) is 0 Å². The second-order valence-electron chi connectivity index (χ2n) is 6.08. The van der Waals surface area contributed by atoms with Crippen LogP contribution >= 0.6 is 0 Å². The predicted molar refractivity (Wildman–Crippen MR) is 106 cm³/mol. The first-order valence-electron chi connectivity index (χ1n) is 9.06. The Morgan fingerprint density at radius 2 is 1.81 bits per heavy atom. The molecular weight excluding hydrogens is 364 g/mol. The molecule has 0 heterocycles. The smallest absolute Gasteiger partial charge is 0.240 e. The van der Waals surface area contributed by atoms with Crippen molar-refractivity contribution < 1.29 is 17.9 Å². The van der Waals surface area contributed by atoms with Gasteiger partial charge in [0.05, 0.1) is 17.9 Å². The van der Waals surface area contributed by atoms with Gasteiger partial charge in [-0.1, -0.05) is 31.5 Å². The number of nitrogens with one attached hydrogen (secondary N) is 2. The normalized spacial score (nSPS) is 11.2. The van der Waals surface area contributed by atoms with Crippen LogP contribution in [-0.2, 0) is 21.2 Å². The number of hydrogen-bond donors (Lipinski definition) is 2. The van der Waals surface area contributed by atoms with Crippen molar-refractivity contribution in [1.82, 2.24) is 4.72 Å². The number of anilines is 1. The van der Waals surface area contributed by atoms with Gasteiger partial charge in [0, 0.05) is 12.2 Å². The lowest BCUT2D eigenvalue weighted by molar-refractivity contribution is -0.115. The first kappa shape index (κ1) is 20.9. The molecule has 0 spiro atoms. The van der Waals surface area contributed by atoms with Gasteiger partial charge in [0.2, 0.25) is 15.9 Å². The van der Waals surface area contributed by atoms with Gasteiger partial charge in [-0.05, 0) is 49.2 Å². The topological polar surface area (TPSA) is 84.5 Å². The van der Waals surface area contributed by atoms with Gasteiger partial charge in [-0.15, -0.1) is 0 Å². The summed E-state index contributed by atoms with van der Waals surface area (Å²) in [7, 11) is -3.58. The molecule has 2 aromatic carbocycles. The van der Waals surface area contributed by atoms with Crippen molar-refractivity contribution in [3.63, 3.8) is 0 Å². The molecule has 0 fully saturated rings. The third kappa shape index (κ3) is 6.69. The molecule has 6 nitrogen and oxygen atoms in total. The molecule has 0 bridgehead atoms. The van der Waals surface area contributed by atoms with Crippen LogP contribution in [0.5, 0.6) is 5.75 Å². The van der Waals surface area contributed by atoms with Crippen molar-refractivity contribution in [2.75, 3.05) is 18.5 Å². The van der Waals surface area contributed by atoms with Gasteiger partial charge in [-0.25, -0.2) is 13.1 Å². The minimum absolute atomic E-state index is 0.137. The molecule has 2 aromatic rings. The van der Waals surface area contributed by atoms with E-state index in [0.29, 0.717) is 18.8 Å². The van der Waals surface area contributed by atoms with Crippen LogP contribution in [0.4, 0.5) is 5.69 Å². The first-order valence-corrected chi connectivity index (χ1v) is 10.5. The highest BCUT2D eigenvalue weighted by Gasteiger charge is 2.14. The Hall–Kier alpha value is -2.38. The maximum Gasteiger partial charge on any atom is 0.240 e. The summed E-state index contributed by atoms with van der Waals surface area (Å²) in [5.74, 6) is 0.544. The molecular formula is C20H26N2O4S. The Morgan fingerprint density at radius 1 is 1.07 bits per heavy atom. The largest absolute Gasteiger partial charge is 0.494 e. The molecule has 0 unspecified atom stereocenters. The number of hydrogen-bond acceptors (Lipinski definition) is 4. The second kappa shape index (κ2) is 10.1. The van der Waals surface area contributed by atoms with Crippen LogP contribution in [0.15, 0.2) is 53.4 Å². The molecule has 0 aromatic heterocycles. The van der Waals surface area contributed by atoms with Gasteiger partial charge in [-0.2, -0.15) is 0 Å². The number of sulfonamides is 1. The Bertz CT molecular complexity index is 849. The van der Waals surface area contributed by atoms with Gasteiger partial charge >= 0.3 is 0 Å². The highest BCUT2D eigenvalue weighted by Crippen LogP contribution is 2.17. The van der Waals surface area contributed by atoms with E-state index in [2.05, 4.69) is 10.0 Å². The standard InChI is InChI=1S/C20H26N2O4S/c1-3-5-13-21-27(24,25)19-8-6-7-17(15-19)22-20(23)14-16-9-11-18(12-10-16)26-4-2/h6-12,15,21H,3-5,13-14H2,1-2H3,(H,22,23). The lowest BCUT2D eigenvalue weighted by Crippen LogP contribution is -2.25. The summed E-state index contributed by atoms with van der Waals surface area (Å²) in [6.45, 7) is 4.89. The predicted octanol–water partition coefficient (Wildman–Crippen LogP) is 3.34. The number of rotatable bonds is 10. The average Bonchev–Trinajstić information content (AvgIpc) is 2.64. The van der Waals surface area contributed by atoms with Gasteiger partial charge in [-0.3, -0.25) is 4.79 Å². The van der Waals surface area contributed by atoms with Crippen LogP contribution in [0.1, 0.15) is 32.3 Å². The SMILES string of the molecule is CCCCNS(=O)(=O)c1cccc(NC(=O)Cc2ccc(OCC)cc2)c1. The van der Waals surface area contributed by atoms with Crippen LogP contribution in [0.3, 0.4) is 0 Å². The van der Waals surface area contributed by atoms with E-state index in [-0.39, 0.29) is 17.2 Å². The summed E-state index contributed by atoms with van der Waals surface area (Å²) in [5, 5.41) is 2.75. The average molecular weight is 391 g/mol. The molecule has 7 heteroatoms. The Balaban J connectivity index is 1.99. The fourth-order valence-electron chi connectivity index (χ4n) is 2.47. The molecule has 0 aliphatic carbocycles. The van der Waals surface area contributed by atoms with Crippen LogP contribution < -0.4 is 14.8 Å². The molecule has 27 heavy (non-hydrogen) atoms. The van der Waals surface area contributed by atoms with Crippen molar-refractivity contribution in [3.8, 4) is 5.75 Å². The zero-order valence-electron chi connectivity index (χ0n) is 15.7.